The minimum Gasteiger partial charge on any atom is -0.369 e. The van der Waals surface area contributed by atoms with E-state index >= 15 is 0 Å². The summed E-state index contributed by atoms with van der Waals surface area (Å²) in [7, 11) is 0. The third-order valence-electron chi connectivity index (χ3n) is 3.93. The van der Waals surface area contributed by atoms with Crippen molar-refractivity contribution < 1.29 is 9.59 Å². The van der Waals surface area contributed by atoms with Gasteiger partial charge in [-0.05, 0) is 43.2 Å². The van der Waals surface area contributed by atoms with E-state index in [2.05, 4.69) is 20.8 Å². The van der Waals surface area contributed by atoms with Crippen LogP contribution in [0.2, 0.25) is 5.02 Å². The monoisotopic (exact) mass is 493 g/mol. The van der Waals surface area contributed by atoms with E-state index < -0.39 is 5.91 Å². The third-order valence-corrected chi connectivity index (χ3v) is 7.29. The number of rotatable bonds is 9. The molecule has 1 heterocycles. The number of carbonyl (C=O) groups is 2. The molecule has 3 aromatic rings. The van der Waals surface area contributed by atoms with Crippen LogP contribution < -0.4 is 16.4 Å². The van der Waals surface area contributed by atoms with Gasteiger partial charge >= 0.3 is 0 Å². The lowest BCUT2D eigenvalue weighted by Gasteiger charge is -2.10. The average Bonchev–Trinajstić information content (AvgIpc) is 3.16. The van der Waals surface area contributed by atoms with Crippen molar-refractivity contribution in [2.24, 2.45) is 5.73 Å². The van der Waals surface area contributed by atoms with E-state index in [1.54, 1.807) is 6.07 Å². The predicted molar refractivity (Wildman–Crippen MR) is 130 cm³/mol. The molecule has 0 spiro atoms. The van der Waals surface area contributed by atoms with Gasteiger partial charge in [0.2, 0.25) is 16.9 Å². The zero-order valence-corrected chi connectivity index (χ0v) is 20.0. The summed E-state index contributed by atoms with van der Waals surface area (Å²) in [4.78, 5) is 24.2. The van der Waals surface area contributed by atoms with Crippen LogP contribution in [0.3, 0.4) is 0 Å². The summed E-state index contributed by atoms with van der Waals surface area (Å²) < 4.78 is 0.662. The van der Waals surface area contributed by atoms with E-state index in [-0.39, 0.29) is 17.4 Å². The molecule has 162 valence electrons. The maximum absolute atomic E-state index is 12.4. The number of aryl methyl sites for hydroxylation is 2. The SMILES string of the molecule is Cc1cc(C)c(Nc2nnc(SCC(=O)Nc3ccccc3SCC(N)=O)s2)c(Cl)c1. The zero-order valence-electron chi connectivity index (χ0n) is 16.8. The van der Waals surface area contributed by atoms with Gasteiger partial charge < -0.3 is 16.4 Å². The Bertz CT molecular complexity index is 1080. The maximum atomic E-state index is 12.4. The number of primary amides is 1. The molecule has 2 amide bonds. The molecule has 2 aromatic carbocycles. The lowest BCUT2D eigenvalue weighted by atomic mass is 10.1. The van der Waals surface area contributed by atoms with Gasteiger partial charge in [0.1, 0.15) is 0 Å². The summed E-state index contributed by atoms with van der Waals surface area (Å²) in [6.45, 7) is 3.96. The summed E-state index contributed by atoms with van der Waals surface area (Å²) in [6, 6.07) is 11.2. The first kappa shape index (κ1) is 23.4. The molecular formula is C20H20ClN5O2S3. The molecule has 4 N–H and O–H groups in total. The maximum Gasteiger partial charge on any atom is 0.234 e. The van der Waals surface area contributed by atoms with Gasteiger partial charge in [0.15, 0.2) is 4.34 Å². The van der Waals surface area contributed by atoms with E-state index in [0.717, 1.165) is 21.7 Å². The smallest absolute Gasteiger partial charge is 0.234 e. The molecule has 0 aliphatic carbocycles. The van der Waals surface area contributed by atoms with Crippen LogP contribution >= 0.6 is 46.5 Å². The number of nitrogens with one attached hydrogen (secondary N) is 2. The lowest BCUT2D eigenvalue weighted by molar-refractivity contribution is -0.115. The first-order chi connectivity index (χ1) is 14.8. The van der Waals surface area contributed by atoms with Crippen LogP contribution in [0, 0.1) is 13.8 Å². The Morgan fingerprint density at radius 1 is 1.13 bits per heavy atom. The van der Waals surface area contributed by atoms with E-state index in [0.29, 0.717) is 20.2 Å². The van der Waals surface area contributed by atoms with Gasteiger partial charge in [-0.25, -0.2) is 0 Å². The second-order valence-electron chi connectivity index (χ2n) is 6.52. The average molecular weight is 494 g/mol. The van der Waals surface area contributed by atoms with E-state index in [1.807, 2.05) is 44.2 Å². The molecule has 0 aliphatic heterocycles. The third kappa shape index (κ3) is 6.86. The Balaban J connectivity index is 1.57. The fraction of sp³-hybridized carbons (Fsp3) is 0.200. The molecular weight excluding hydrogens is 474 g/mol. The molecule has 0 atom stereocenters. The Morgan fingerprint density at radius 3 is 2.65 bits per heavy atom. The summed E-state index contributed by atoms with van der Waals surface area (Å²) in [6.07, 6.45) is 0. The Labute approximate surface area is 197 Å². The topological polar surface area (TPSA) is 110 Å². The summed E-state index contributed by atoms with van der Waals surface area (Å²) in [5.74, 6) is -0.274. The van der Waals surface area contributed by atoms with Crippen LogP contribution in [0.1, 0.15) is 11.1 Å². The molecule has 0 fully saturated rings. The van der Waals surface area contributed by atoms with E-state index in [1.165, 1.54) is 34.9 Å². The number of nitrogens with two attached hydrogens (primary N) is 1. The van der Waals surface area contributed by atoms with Gasteiger partial charge in [0.05, 0.1) is 27.9 Å². The van der Waals surface area contributed by atoms with Gasteiger partial charge in [0, 0.05) is 4.90 Å². The predicted octanol–water partition coefficient (Wildman–Crippen LogP) is 4.86. The van der Waals surface area contributed by atoms with Gasteiger partial charge in [-0.3, -0.25) is 9.59 Å². The number of hydrogen-bond acceptors (Lipinski definition) is 8. The van der Waals surface area contributed by atoms with Gasteiger partial charge in [-0.2, -0.15) is 0 Å². The van der Waals surface area contributed by atoms with Crippen LogP contribution in [0.15, 0.2) is 45.6 Å². The van der Waals surface area contributed by atoms with Crippen molar-refractivity contribution in [1.29, 1.82) is 0 Å². The van der Waals surface area contributed by atoms with Crippen molar-refractivity contribution in [2.45, 2.75) is 23.1 Å². The number of hydrogen-bond donors (Lipinski definition) is 3. The quantitative estimate of drug-likeness (QED) is 0.365. The second kappa shape index (κ2) is 10.9. The molecule has 0 saturated carbocycles. The highest BCUT2D eigenvalue weighted by molar-refractivity contribution is 8.01. The molecule has 1 aromatic heterocycles. The molecule has 0 bridgehead atoms. The number of nitrogens with zero attached hydrogens (tertiary/aromatic N) is 2. The van der Waals surface area contributed by atoms with Crippen molar-refractivity contribution >= 4 is 74.8 Å². The molecule has 0 saturated heterocycles. The highest BCUT2D eigenvalue weighted by Crippen LogP contribution is 2.33. The molecule has 0 aliphatic rings. The van der Waals surface area contributed by atoms with Gasteiger partial charge in [-0.1, -0.05) is 52.9 Å². The molecule has 11 heteroatoms. The number of carbonyl (C=O) groups excluding carboxylic acids is 2. The van der Waals surface area contributed by atoms with Crippen molar-refractivity contribution in [3.8, 4) is 0 Å². The number of anilines is 3. The molecule has 0 unspecified atom stereocenters. The van der Waals surface area contributed by atoms with Gasteiger partial charge in [-0.15, -0.1) is 22.0 Å². The highest BCUT2D eigenvalue weighted by Gasteiger charge is 2.13. The Kier molecular flexibility index (Phi) is 8.19. The Hall–Kier alpha value is -2.27. The van der Waals surface area contributed by atoms with Crippen LogP contribution in [0.25, 0.3) is 0 Å². The van der Waals surface area contributed by atoms with Crippen molar-refractivity contribution in [2.75, 3.05) is 22.1 Å². The summed E-state index contributed by atoms with van der Waals surface area (Å²) >= 11 is 10.3. The van der Waals surface area contributed by atoms with Crippen LogP contribution in [-0.2, 0) is 9.59 Å². The number of halogens is 1. The fourth-order valence-corrected chi connectivity index (χ4v) is 5.33. The minimum atomic E-state index is -0.413. The Morgan fingerprint density at radius 2 is 1.90 bits per heavy atom. The minimum absolute atomic E-state index is 0.146. The summed E-state index contributed by atoms with van der Waals surface area (Å²) in [5, 5.41) is 15.5. The van der Waals surface area contributed by atoms with E-state index in [4.69, 9.17) is 17.3 Å². The van der Waals surface area contributed by atoms with Crippen LogP contribution in [-0.4, -0.2) is 33.5 Å². The largest absolute Gasteiger partial charge is 0.369 e. The first-order valence-electron chi connectivity index (χ1n) is 9.12. The molecule has 31 heavy (non-hydrogen) atoms. The summed E-state index contributed by atoms with van der Waals surface area (Å²) in [5.41, 5.74) is 8.74. The molecule has 0 radical (unpaired) electrons. The standard InChI is InChI=1S/C20H20ClN5O2S3/c1-11-7-12(2)18(13(21)8-11)24-19-25-26-20(31-19)30-10-17(28)23-14-5-3-4-6-15(14)29-9-16(22)27/h3-8H,9-10H2,1-2H3,(H2,22,27)(H,23,28)(H,24,25). The van der Waals surface area contributed by atoms with Gasteiger partial charge in [0.25, 0.3) is 0 Å². The number of para-hydroxylation sites is 1. The van der Waals surface area contributed by atoms with E-state index in [9.17, 15) is 9.59 Å². The first-order valence-corrected chi connectivity index (χ1v) is 12.3. The molecule has 7 nitrogen and oxygen atoms in total. The van der Waals surface area contributed by atoms with Crippen molar-refractivity contribution in [1.82, 2.24) is 10.2 Å². The normalized spacial score (nSPS) is 10.7. The number of thioether (sulfide) groups is 2. The fourth-order valence-electron chi connectivity index (χ4n) is 2.66. The number of aromatic nitrogens is 2. The van der Waals surface area contributed by atoms with Crippen molar-refractivity contribution in [3.63, 3.8) is 0 Å². The highest BCUT2D eigenvalue weighted by atomic mass is 35.5. The second-order valence-corrected chi connectivity index (χ2v) is 10.1. The molecule has 3 rings (SSSR count). The van der Waals surface area contributed by atoms with Crippen molar-refractivity contribution in [3.05, 3.63) is 52.5 Å². The number of benzene rings is 2. The zero-order chi connectivity index (χ0) is 22.4. The number of amides is 2. The lowest BCUT2D eigenvalue weighted by Crippen LogP contribution is -2.15. The van der Waals surface area contributed by atoms with Crippen LogP contribution in [0.5, 0.6) is 0 Å². The van der Waals surface area contributed by atoms with Crippen LogP contribution in [0.4, 0.5) is 16.5 Å².